The molecule has 6 rings (SSSR count). The Morgan fingerprint density at radius 3 is 2.31 bits per heavy atom. The van der Waals surface area contributed by atoms with E-state index in [9.17, 15) is 29.4 Å². The van der Waals surface area contributed by atoms with Gasteiger partial charge in [0.15, 0.2) is 9.75 Å². The van der Waals surface area contributed by atoms with Crippen LogP contribution in [0.5, 0.6) is 11.5 Å². The molecular weight excluding hydrogens is 543 g/mol. The number of benzene rings is 2. The lowest BCUT2D eigenvalue weighted by molar-refractivity contribution is -0.141. The SMILES string of the molecule is CN1C(=O)C2(Cl)CC3C(=CCC4C(=O)N(CCc5ccc(O)cc5)C(=O)C43)C(c3ccccc3O)C2(Cl)C1=O. The van der Waals surface area contributed by atoms with Gasteiger partial charge in [-0.05, 0) is 48.9 Å². The molecule has 10 heteroatoms. The fourth-order valence-electron chi connectivity index (χ4n) is 7.01. The Morgan fingerprint density at radius 1 is 0.923 bits per heavy atom. The number of carbonyl (C=O) groups is 4. The highest BCUT2D eigenvalue weighted by atomic mass is 35.5. The summed E-state index contributed by atoms with van der Waals surface area (Å²) in [6, 6.07) is 13.0. The molecule has 3 fully saturated rings. The number of aromatic hydroxyl groups is 2. The van der Waals surface area contributed by atoms with Gasteiger partial charge in [0.1, 0.15) is 11.5 Å². The number of carbonyl (C=O) groups excluding carboxylic acids is 4. The van der Waals surface area contributed by atoms with Gasteiger partial charge < -0.3 is 10.2 Å². The number of imide groups is 2. The van der Waals surface area contributed by atoms with Gasteiger partial charge in [0, 0.05) is 25.1 Å². The largest absolute Gasteiger partial charge is 0.508 e. The van der Waals surface area contributed by atoms with Gasteiger partial charge in [0.25, 0.3) is 11.8 Å². The zero-order valence-corrected chi connectivity index (χ0v) is 22.5. The van der Waals surface area contributed by atoms with E-state index >= 15 is 0 Å². The molecule has 6 atom stereocenters. The summed E-state index contributed by atoms with van der Waals surface area (Å²) < 4.78 is 0. The van der Waals surface area contributed by atoms with Crippen molar-refractivity contribution in [3.63, 3.8) is 0 Å². The van der Waals surface area contributed by atoms with E-state index in [1.54, 1.807) is 42.5 Å². The van der Waals surface area contributed by atoms with Crippen molar-refractivity contribution in [2.24, 2.45) is 17.8 Å². The van der Waals surface area contributed by atoms with E-state index in [1.165, 1.54) is 18.0 Å². The van der Waals surface area contributed by atoms with Crippen molar-refractivity contribution in [3.05, 3.63) is 71.3 Å². The molecule has 6 unspecified atom stereocenters. The fourth-order valence-corrected chi connectivity index (χ4v) is 8.02. The zero-order chi connectivity index (χ0) is 27.9. The lowest BCUT2D eigenvalue weighted by atomic mass is 9.56. The maximum absolute atomic E-state index is 13.8. The molecule has 39 heavy (non-hydrogen) atoms. The summed E-state index contributed by atoms with van der Waals surface area (Å²) in [4.78, 5) is 52.6. The molecule has 2 aliphatic heterocycles. The number of phenolic OH excluding ortho intramolecular Hbond substituents is 2. The van der Waals surface area contributed by atoms with Crippen LogP contribution in [-0.2, 0) is 25.6 Å². The molecule has 2 saturated heterocycles. The molecule has 0 radical (unpaired) electrons. The van der Waals surface area contributed by atoms with E-state index in [0.717, 1.165) is 10.5 Å². The topological polar surface area (TPSA) is 115 Å². The van der Waals surface area contributed by atoms with Gasteiger partial charge in [-0.1, -0.05) is 42.0 Å². The third-order valence-electron chi connectivity index (χ3n) is 8.91. The third-order valence-corrected chi connectivity index (χ3v) is 10.3. The minimum Gasteiger partial charge on any atom is -0.508 e. The standard InChI is InChI=1S/C29H26Cl2N2O6/c1-32-26(38)28(30)14-20-17(23(29(28,31)27(32)39)18-4-2-3-5-21(18)35)10-11-19-22(20)25(37)33(24(19)36)13-12-15-6-8-16(34)9-7-15/h2-10,19-20,22-23,34-35H,11-14H2,1H3. The Hall–Kier alpha value is -3.36. The summed E-state index contributed by atoms with van der Waals surface area (Å²) in [7, 11) is 1.33. The van der Waals surface area contributed by atoms with Crippen LogP contribution >= 0.6 is 23.2 Å². The summed E-state index contributed by atoms with van der Waals surface area (Å²) >= 11 is 14.2. The lowest BCUT2D eigenvalue weighted by Crippen LogP contribution is -2.60. The number of allylic oxidation sites excluding steroid dienone is 2. The van der Waals surface area contributed by atoms with Crippen molar-refractivity contribution in [3.8, 4) is 11.5 Å². The van der Waals surface area contributed by atoms with Gasteiger partial charge in [0.05, 0.1) is 11.8 Å². The highest BCUT2D eigenvalue weighted by Crippen LogP contribution is 2.65. The zero-order valence-electron chi connectivity index (χ0n) is 21.0. The third kappa shape index (κ3) is 3.44. The number of alkyl halides is 2. The maximum atomic E-state index is 13.8. The van der Waals surface area contributed by atoms with Crippen molar-refractivity contribution in [1.29, 1.82) is 0 Å². The van der Waals surface area contributed by atoms with Crippen LogP contribution in [0.3, 0.4) is 0 Å². The molecule has 2 N–H and O–H groups in total. The predicted molar refractivity (Wildman–Crippen MR) is 142 cm³/mol. The van der Waals surface area contributed by atoms with E-state index in [4.69, 9.17) is 23.2 Å². The quantitative estimate of drug-likeness (QED) is 0.332. The minimum absolute atomic E-state index is 0.0884. The monoisotopic (exact) mass is 568 g/mol. The van der Waals surface area contributed by atoms with Crippen molar-refractivity contribution in [2.45, 2.75) is 34.9 Å². The molecule has 2 aromatic rings. The Bertz CT molecular complexity index is 1460. The molecule has 0 aromatic heterocycles. The fraction of sp³-hybridized carbons (Fsp3) is 0.379. The van der Waals surface area contributed by atoms with Gasteiger partial charge in [-0.25, -0.2) is 0 Å². The smallest absolute Gasteiger partial charge is 0.253 e. The van der Waals surface area contributed by atoms with Gasteiger partial charge in [-0.2, -0.15) is 0 Å². The number of amides is 4. The normalized spacial score (nSPS) is 33.7. The molecule has 0 bridgehead atoms. The molecule has 4 amide bonds. The highest BCUT2D eigenvalue weighted by Gasteiger charge is 2.76. The van der Waals surface area contributed by atoms with Crippen molar-refractivity contribution < 1.29 is 29.4 Å². The number of halogens is 2. The van der Waals surface area contributed by atoms with Crippen LogP contribution in [0.1, 0.15) is 29.9 Å². The van der Waals surface area contributed by atoms with Crippen LogP contribution in [-0.4, -0.2) is 67.0 Å². The highest BCUT2D eigenvalue weighted by molar-refractivity contribution is 6.53. The Balaban J connectivity index is 1.41. The number of fused-ring (bicyclic) bond motifs is 4. The van der Waals surface area contributed by atoms with Gasteiger partial charge in [-0.3, -0.25) is 29.0 Å². The van der Waals surface area contributed by atoms with Crippen molar-refractivity contribution >= 4 is 46.8 Å². The second-order valence-electron chi connectivity index (χ2n) is 10.8. The molecule has 2 aromatic carbocycles. The van der Waals surface area contributed by atoms with E-state index in [2.05, 4.69) is 0 Å². The Kier molecular flexibility index (Phi) is 5.86. The second-order valence-corrected chi connectivity index (χ2v) is 12.0. The molecule has 2 aliphatic carbocycles. The van der Waals surface area contributed by atoms with Gasteiger partial charge in [-0.15, -0.1) is 23.2 Å². The number of hydrogen-bond donors (Lipinski definition) is 2. The Labute approximate surface area is 234 Å². The minimum atomic E-state index is -1.92. The van der Waals surface area contributed by atoms with E-state index in [0.29, 0.717) is 17.6 Å². The number of rotatable bonds is 4. The van der Waals surface area contributed by atoms with Crippen molar-refractivity contribution in [2.75, 3.05) is 13.6 Å². The van der Waals surface area contributed by atoms with Crippen LogP contribution in [0.25, 0.3) is 0 Å². The molecule has 4 aliphatic rings. The predicted octanol–water partition coefficient (Wildman–Crippen LogP) is 3.33. The van der Waals surface area contributed by atoms with Crippen LogP contribution in [0, 0.1) is 17.8 Å². The van der Waals surface area contributed by atoms with Crippen LogP contribution in [0.15, 0.2) is 60.2 Å². The molecule has 0 spiro atoms. The second kappa shape index (κ2) is 8.83. The first-order valence-electron chi connectivity index (χ1n) is 12.8. The number of phenols is 2. The van der Waals surface area contributed by atoms with Gasteiger partial charge in [0.2, 0.25) is 11.8 Å². The summed E-state index contributed by atoms with van der Waals surface area (Å²) in [5.41, 5.74) is 1.84. The average Bonchev–Trinajstić information content (AvgIpc) is 3.23. The maximum Gasteiger partial charge on any atom is 0.253 e. The Morgan fingerprint density at radius 2 is 1.62 bits per heavy atom. The number of hydrogen-bond acceptors (Lipinski definition) is 6. The van der Waals surface area contributed by atoms with Crippen LogP contribution < -0.4 is 0 Å². The molecule has 2 heterocycles. The molecule has 202 valence electrons. The number of likely N-dealkylation sites (tertiary alicyclic amines) is 2. The van der Waals surface area contributed by atoms with Crippen LogP contribution in [0.2, 0.25) is 0 Å². The van der Waals surface area contributed by atoms with E-state index in [-0.39, 0.29) is 42.7 Å². The summed E-state index contributed by atoms with van der Waals surface area (Å²) in [6.07, 6.45) is 2.44. The number of para-hydroxylation sites is 1. The van der Waals surface area contributed by atoms with Gasteiger partial charge >= 0.3 is 0 Å². The van der Waals surface area contributed by atoms with E-state index in [1.807, 2.05) is 6.08 Å². The summed E-state index contributed by atoms with van der Waals surface area (Å²) in [6.45, 7) is 0.173. The average molecular weight is 569 g/mol. The molecule has 8 nitrogen and oxygen atoms in total. The molecular formula is C29H26Cl2N2O6. The lowest BCUT2D eigenvalue weighted by Gasteiger charge is -2.50. The number of nitrogens with zero attached hydrogens (tertiary/aromatic N) is 2. The van der Waals surface area contributed by atoms with E-state index < -0.39 is 45.2 Å². The first-order chi connectivity index (χ1) is 18.5. The first-order valence-corrected chi connectivity index (χ1v) is 13.6. The summed E-state index contributed by atoms with van der Waals surface area (Å²) in [5.74, 6) is -4.92. The summed E-state index contributed by atoms with van der Waals surface area (Å²) in [5, 5.41) is 20.4. The van der Waals surface area contributed by atoms with Crippen LogP contribution in [0.4, 0.5) is 0 Å². The molecule has 1 saturated carbocycles. The first kappa shape index (κ1) is 25.9. The van der Waals surface area contributed by atoms with Crippen molar-refractivity contribution in [1.82, 2.24) is 9.80 Å².